The number of anilines is 1. The van der Waals surface area contributed by atoms with Crippen molar-refractivity contribution in [3.63, 3.8) is 0 Å². The third-order valence-electron chi connectivity index (χ3n) is 2.93. The van der Waals surface area contributed by atoms with Crippen LogP contribution >= 0.6 is 11.3 Å². The maximum atomic E-state index is 12.0. The molecule has 1 aliphatic rings. The molecule has 1 saturated heterocycles. The standard InChI is InChI=1S/C12H14N2O4S/c1-3-14-9(15)6-8(11(14)16)13-7-4-5-19-10(7)12(17)18-2/h4-5,8,13H,3,6H2,1-2H3. The Morgan fingerprint density at radius 2 is 2.32 bits per heavy atom. The van der Waals surface area contributed by atoms with E-state index in [4.69, 9.17) is 0 Å². The number of carbonyl (C=O) groups is 3. The molecule has 2 rings (SSSR count). The molecule has 19 heavy (non-hydrogen) atoms. The summed E-state index contributed by atoms with van der Waals surface area (Å²) in [4.78, 5) is 36.7. The molecule has 1 N–H and O–H groups in total. The average Bonchev–Trinajstić information content (AvgIpc) is 2.95. The highest BCUT2D eigenvalue weighted by atomic mass is 32.1. The zero-order valence-corrected chi connectivity index (χ0v) is 11.5. The van der Waals surface area contributed by atoms with Crippen LogP contribution in [0.1, 0.15) is 23.0 Å². The number of ether oxygens (including phenoxy) is 1. The second-order valence-corrected chi connectivity index (χ2v) is 4.95. The third kappa shape index (κ3) is 2.46. The second-order valence-electron chi connectivity index (χ2n) is 4.03. The number of thiophene rings is 1. The number of hydrogen-bond donors (Lipinski definition) is 1. The Hall–Kier alpha value is -1.89. The van der Waals surface area contributed by atoms with Gasteiger partial charge in [0.2, 0.25) is 5.91 Å². The molecular formula is C12H14N2O4S. The number of amides is 2. The lowest BCUT2D eigenvalue weighted by atomic mass is 10.2. The van der Waals surface area contributed by atoms with E-state index in [0.29, 0.717) is 17.1 Å². The van der Waals surface area contributed by atoms with E-state index in [1.54, 1.807) is 18.4 Å². The minimum Gasteiger partial charge on any atom is -0.465 e. The lowest BCUT2D eigenvalue weighted by Crippen LogP contribution is -2.34. The van der Waals surface area contributed by atoms with Crippen molar-refractivity contribution in [1.82, 2.24) is 4.90 Å². The topological polar surface area (TPSA) is 75.7 Å². The first kappa shape index (κ1) is 13.5. The van der Waals surface area contributed by atoms with E-state index >= 15 is 0 Å². The van der Waals surface area contributed by atoms with E-state index in [-0.39, 0.29) is 18.2 Å². The molecule has 0 spiro atoms. The first-order valence-electron chi connectivity index (χ1n) is 5.85. The van der Waals surface area contributed by atoms with Crippen molar-refractivity contribution in [2.24, 2.45) is 0 Å². The summed E-state index contributed by atoms with van der Waals surface area (Å²) in [5.41, 5.74) is 0.529. The van der Waals surface area contributed by atoms with Crippen LogP contribution in [0.15, 0.2) is 11.4 Å². The van der Waals surface area contributed by atoms with Crippen molar-refractivity contribution in [2.45, 2.75) is 19.4 Å². The van der Waals surface area contributed by atoms with Crippen molar-refractivity contribution in [2.75, 3.05) is 19.0 Å². The SMILES string of the molecule is CCN1C(=O)CC(Nc2ccsc2C(=O)OC)C1=O. The molecule has 102 valence electrons. The highest BCUT2D eigenvalue weighted by molar-refractivity contribution is 7.12. The zero-order valence-electron chi connectivity index (χ0n) is 10.6. The molecule has 0 radical (unpaired) electrons. The van der Waals surface area contributed by atoms with Crippen molar-refractivity contribution in [1.29, 1.82) is 0 Å². The van der Waals surface area contributed by atoms with Gasteiger partial charge in [-0.05, 0) is 18.4 Å². The van der Waals surface area contributed by atoms with Crippen LogP contribution < -0.4 is 5.32 Å². The van der Waals surface area contributed by atoms with Gasteiger partial charge >= 0.3 is 5.97 Å². The Kier molecular flexibility index (Phi) is 3.84. The quantitative estimate of drug-likeness (QED) is 0.661. The highest BCUT2D eigenvalue weighted by Crippen LogP contribution is 2.26. The van der Waals surface area contributed by atoms with Crippen LogP contribution in [0.5, 0.6) is 0 Å². The van der Waals surface area contributed by atoms with Crippen molar-refractivity contribution in [3.05, 3.63) is 16.3 Å². The number of nitrogens with one attached hydrogen (secondary N) is 1. The van der Waals surface area contributed by atoms with Crippen LogP contribution in [0.2, 0.25) is 0 Å². The van der Waals surface area contributed by atoms with E-state index in [1.807, 2.05) is 0 Å². The van der Waals surface area contributed by atoms with E-state index in [2.05, 4.69) is 10.1 Å². The summed E-state index contributed by atoms with van der Waals surface area (Å²) in [5, 5.41) is 4.68. The fourth-order valence-electron chi connectivity index (χ4n) is 1.99. The molecule has 7 heteroatoms. The van der Waals surface area contributed by atoms with E-state index in [9.17, 15) is 14.4 Å². The second kappa shape index (κ2) is 5.40. The van der Waals surface area contributed by atoms with Crippen molar-refractivity contribution < 1.29 is 19.1 Å². The summed E-state index contributed by atoms with van der Waals surface area (Å²) in [7, 11) is 1.30. The van der Waals surface area contributed by atoms with Crippen LogP contribution in [-0.2, 0) is 14.3 Å². The summed E-state index contributed by atoms with van der Waals surface area (Å²) >= 11 is 1.23. The van der Waals surface area contributed by atoms with Gasteiger partial charge in [-0.1, -0.05) is 0 Å². The minimum absolute atomic E-state index is 0.114. The molecule has 0 bridgehead atoms. The predicted molar refractivity (Wildman–Crippen MR) is 70.1 cm³/mol. The van der Waals surface area contributed by atoms with E-state index in [1.165, 1.54) is 23.3 Å². The summed E-state index contributed by atoms with van der Waals surface area (Å²) < 4.78 is 4.66. The predicted octanol–water partition coefficient (Wildman–Crippen LogP) is 1.09. The monoisotopic (exact) mass is 282 g/mol. The molecule has 2 heterocycles. The molecule has 1 fully saturated rings. The first-order valence-corrected chi connectivity index (χ1v) is 6.73. The van der Waals surface area contributed by atoms with Crippen LogP contribution in [0.4, 0.5) is 5.69 Å². The molecule has 0 aromatic carbocycles. The van der Waals surface area contributed by atoms with Gasteiger partial charge in [-0.15, -0.1) is 11.3 Å². The van der Waals surface area contributed by atoms with Gasteiger partial charge in [-0.2, -0.15) is 0 Å². The molecule has 1 aromatic rings. The Labute approximate surface area is 114 Å². The molecule has 1 atom stereocenters. The number of methoxy groups -OCH3 is 1. The van der Waals surface area contributed by atoms with E-state index in [0.717, 1.165) is 0 Å². The zero-order chi connectivity index (χ0) is 14.0. The lowest BCUT2D eigenvalue weighted by Gasteiger charge is -2.13. The number of likely N-dealkylation sites (tertiary alicyclic amines) is 1. The normalized spacial score (nSPS) is 18.8. The van der Waals surface area contributed by atoms with Crippen LogP contribution in [0, 0.1) is 0 Å². The van der Waals surface area contributed by atoms with Gasteiger partial charge in [0.15, 0.2) is 0 Å². The fraction of sp³-hybridized carbons (Fsp3) is 0.417. The van der Waals surface area contributed by atoms with Gasteiger partial charge in [0.25, 0.3) is 5.91 Å². The Balaban J connectivity index is 2.15. The lowest BCUT2D eigenvalue weighted by molar-refractivity contribution is -0.138. The average molecular weight is 282 g/mol. The number of nitrogens with zero attached hydrogens (tertiary/aromatic N) is 1. The molecule has 0 aliphatic carbocycles. The van der Waals surface area contributed by atoms with Crippen LogP contribution in [0.25, 0.3) is 0 Å². The summed E-state index contributed by atoms with van der Waals surface area (Å²) in [6, 6.07) is 1.09. The van der Waals surface area contributed by atoms with Crippen LogP contribution in [0.3, 0.4) is 0 Å². The largest absolute Gasteiger partial charge is 0.465 e. The maximum Gasteiger partial charge on any atom is 0.350 e. The van der Waals surface area contributed by atoms with Gasteiger partial charge in [0, 0.05) is 6.54 Å². The Morgan fingerprint density at radius 3 is 2.89 bits per heavy atom. The third-order valence-corrected chi connectivity index (χ3v) is 3.82. The molecule has 6 nitrogen and oxygen atoms in total. The number of imide groups is 1. The first-order chi connectivity index (χ1) is 9.08. The summed E-state index contributed by atoms with van der Waals surface area (Å²) in [6.45, 7) is 2.12. The fourth-order valence-corrected chi connectivity index (χ4v) is 2.76. The molecule has 1 unspecified atom stereocenters. The highest BCUT2D eigenvalue weighted by Gasteiger charge is 2.38. The van der Waals surface area contributed by atoms with Gasteiger partial charge < -0.3 is 10.1 Å². The number of likely N-dealkylation sites (N-methyl/N-ethyl adjacent to an activating group) is 1. The maximum absolute atomic E-state index is 12.0. The van der Waals surface area contributed by atoms with Gasteiger partial charge in [-0.25, -0.2) is 4.79 Å². The molecule has 2 amide bonds. The Morgan fingerprint density at radius 1 is 1.58 bits per heavy atom. The summed E-state index contributed by atoms with van der Waals surface area (Å²) in [5.74, 6) is -0.906. The van der Waals surface area contributed by atoms with Crippen LogP contribution in [-0.4, -0.2) is 42.4 Å². The molecule has 1 aliphatic heterocycles. The molecule has 1 aromatic heterocycles. The smallest absolute Gasteiger partial charge is 0.350 e. The van der Waals surface area contributed by atoms with E-state index < -0.39 is 12.0 Å². The van der Waals surface area contributed by atoms with Gasteiger partial charge in [0.05, 0.1) is 19.2 Å². The number of hydrogen-bond acceptors (Lipinski definition) is 6. The van der Waals surface area contributed by atoms with Gasteiger partial charge in [0.1, 0.15) is 10.9 Å². The number of esters is 1. The van der Waals surface area contributed by atoms with Crippen molar-refractivity contribution in [3.8, 4) is 0 Å². The molecule has 0 saturated carbocycles. The van der Waals surface area contributed by atoms with Gasteiger partial charge in [-0.3, -0.25) is 14.5 Å². The molecular weight excluding hydrogens is 268 g/mol. The minimum atomic E-state index is -0.606. The number of rotatable bonds is 4. The number of carbonyl (C=O) groups excluding carboxylic acids is 3. The van der Waals surface area contributed by atoms with Crippen molar-refractivity contribution >= 4 is 34.8 Å². The summed E-state index contributed by atoms with van der Waals surface area (Å²) in [6.07, 6.45) is 0.114. The Bertz CT molecular complexity index is 526.